The molecule has 0 radical (unpaired) electrons. The number of amides is 1. The van der Waals surface area contributed by atoms with Crippen LogP contribution in [0.2, 0.25) is 0 Å². The molecule has 25 heavy (non-hydrogen) atoms. The zero-order valence-corrected chi connectivity index (χ0v) is 14.1. The summed E-state index contributed by atoms with van der Waals surface area (Å²) in [7, 11) is 1.84. The van der Waals surface area contributed by atoms with Crippen LogP contribution < -0.4 is 0 Å². The van der Waals surface area contributed by atoms with Gasteiger partial charge in [0.1, 0.15) is 5.69 Å². The van der Waals surface area contributed by atoms with Crippen molar-refractivity contribution in [2.45, 2.75) is 25.4 Å². The summed E-state index contributed by atoms with van der Waals surface area (Å²) in [5, 5.41) is 8.77. The molecule has 1 aliphatic heterocycles. The lowest BCUT2D eigenvalue weighted by molar-refractivity contribution is 0.0722. The quantitative estimate of drug-likeness (QED) is 0.730. The number of pyridine rings is 1. The molecule has 0 aliphatic carbocycles. The van der Waals surface area contributed by atoms with Crippen LogP contribution in [0.15, 0.2) is 49.2 Å². The van der Waals surface area contributed by atoms with Crippen LogP contribution >= 0.6 is 0 Å². The van der Waals surface area contributed by atoms with E-state index < -0.39 is 0 Å². The fourth-order valence-corrected chi connectivity index (χ4v) is 3.44. The second-order valence-corrected chi connectivity index (χ2v) is 6.32. The zero-order chi connectivity index (χ0) is 17.2. The van der Waals surface area contributed by atoms with Crippen molar-refractivity contribution < 1.29 is 4.79 Å². The lowest BCUT2D eigenvalue weighted by Crippen LogP contribution is -2.38. The molecule has 0 aromatic carbocycles. The maximum absolute atomic E-state index is 13.2. The first-order valence-electron chi connectivity index (χ1n) is 8.45. The lowest BCUT2D eigenvalue weighted by atomic mass is 10.1. The molecular weight excluding hydrogens is 316 g/mol. The van der Waals surface area contributed by atoms with Crippen molar-refractivity contribution >= 4 is 5.91 Å². The van der Waals surface area contributed by atoms with E-state index in [0.717, 1.165) is 31.5 Å². The Hall–Kier alpha value is -2.96. The molecule has 1 amide bonds. The molecule has 0 bridgehead atoms. The summed E-state index contributed by atoms with van der Waals surface area (Å²) in [6, 6.07) is 5.83. The van der Waals surface area contributed by atoms with Gasteiger partial charge in [0, 0.05) is 50.1 Å². The van der Waals surface area contributed by atoms with Crippen molar-refractivity contribution in [3.05, 3.63) is 54.7 Å². The number of likely N-dealkylation sites (tertiary alicyclic amines) is 1. The average molecular weight is 336 g/mol. The first kappa shape index (κ1) is 15.6. The number of rotatable bonds is 4. The minimum Gasteiger partial charge on any atom is -0.334 e. The number of hydrogen-bond acceptors (Lipinski definition) is 4. The Balaban J connectivity index is 1.62. The third kappa shape index (κ3) is 3.05. The molecular formula is C18H20N6O. The van der Waals surface area contributed by atoms with Gasteiger partial charge < -0.3 is 4.90 Å². The Bertz CT molecular complexity index is 855. The number of aromatic nitrogens is 5. The third-order valence-corrected chi connectivity index (χ3v) is 4.61. The monoisotopic (exact) mass is 336 g/mol. The van der Waals surface area contributed by atoms with E-state index in [-0.39, 0.29) is 11.9 Å². The second-order valence-electron chi connectivity index (χ2n) is 6.32. The second kappa shape index (κ2) is 6.51. The van der Waals surface area contributed by atoms with Crippen molar-refractivity contribution in [3.63, 3.8) is 0 Å². The fourth-order valence-electron chi connectivity index (χ4n) is 3.44. The summed E-state index contributed by atoms with van der Waals surface area (Å²) in [4.78, 5) is 19.2. The van der Waals surface area contributed by atoms with Gasteiger partial charge in [-0.25, -0.2) is 0 Å². The summed E-state index contributed by atoms with van der Waals surface area (Å²) in [5.41, 5.74) is 2.25. The van der Waals surface area contributed by atoms with Gasteiger partial charge in [-0.1, -0.05) is 0 Å². The Morgan fingerprint density at radius 1 is 1.28 bits per heavy atom. The standard InChI is InChI=1S/C18H20N6O/c1-22-13-16(17(21-22)14-5-8-19-9-6-14)18(25)24-11-2-4-15(24)12-23-10-3-7-20-23/h3,5-10,13,15H,2,4,11-12H2,1H3/t15-/m0/s1. The number of nitrogens with zero attached hydrogens (tertiary/aromatic N) is 6. The molecule has 0 saturated carbocycles. The molecule has 3 aromatic rings. The van der Waals surface area contributed by atoms with Gasteiger partial charge in [-0.3, -0.25) is 19.1 Å². The highest BCUT2D eigenvalue weighted by Gasteiger charge is 2.32. The molecule has 1 aliphatic rings. The topological polar surface area (TPSA) is 68.8 Å². The summed E-state index contributed by atoms with van der Waals surface area (Å²) in [6.45, 7) is 1.50. The average Bonchev–Trinajstić information content (AvgIpc) is 3.36. The molecule has 3 aromatic heterocycles. The molecule has 1 fully saturated rings. The van der Waals surface area contributed by atoms with Crippen LogP contribution in [-0.2, 0) is 13.6 Å². The van der Waals surface area contributed by atoms with Gasteiger partial charge in [-0.2, -0.15) is 10.2 Å². The normalized spacial score (nSPS) is 17.2. The summed E-state index contributed by atoms with van der Waals surface area (Å²) in [5.74, 6) is 0.0366. The van der Waals surface area contributed by atoms with E-state index in [4.69, 9.17) is 0 Å². The van der Waals surface area contributed by atoms with Crippen molar-refractivity contribution in [3.8, 4) is 11.3 Å². The molecule has 7 nitrogen and oxygen atoms in total. The SMILES string of the molecule is Cn1cc(C(=O)N2CCC[C@H]2Cn2cccn2)c(-c2ccncc2)n1. The predicted molar refractivity (Wildman–Crippen MR) is 92.7 cm³/mol. The van der Waals surface area contributed by atoms with Gasteiger partial charge in [-0.05, 0) is 31.0 Å². The number of hydrogen-bond donors (Lipinski definition) is 0. The molecule has 128 valence electrons. The van der Waals surface area contributed by atoms with Crippen LogP contribution in [0.1, 0.15) is 23.2 Å². The minimum absolute atomic E-state index is 0.0366. The highest BCUT2D eigenvalue weighted by molar-refractivity contribution is 6.00. The molecule has 7 heteroatoms. The molecule has 4 heterocycles. The van der Waals surface area contributed by atoms with Gasteiger partial charge >= 0.3 is 0 Å². The highest BCUT2D eigenvalue weighted by atomic mass is 16.2. The van der Waals surface area contributed by atoms with E-state index in [1.165, 1.54) is 0 Å². The van der Waals surface area contributed by atoms with E-state index in [1.54, 1.807) is 29.5 Å². The van der Waals surface area contributed by atoms with E-state index in [0.29, 0.717) is 11.3 Å². The highest BCUT2D eigenvalue weighted by Crippen LogP contribution is 2.26. The first-order valence-corrected chi connectivity index (χ1v) is 8.45. The van der Waals surface area contributed by atoms with Gasteiger partial charge in [0.25, 0.3) is 5.91 Å². The molecule has 0 N–H and O–H groups in total. The van der Waals surface area contributed by atoms with Crippen LogP contribution in [0.5, 0.6) is 0 Å². The van der Waals surface area contributed by atoms with Gasteiger partial charge in [0.05, 0.1) is 18.2 Å². The van der Waals surface area contributed by atoms with Crippen LogP contribution in [0.25, 0.3) is 11.3 Å². The van der Waals surface area contributed by atoms with Gasteiger partial charge in [0.15, 0.2) is 0 Å². The summed E-state index contributed by atoms with van der Waals surface area (Å²) in [6.07, 6.45) is 11.0. The zero-order valence-electron chi connectivity index (χ0n) is 14.1. The minimum atomic E-state index is 0.0366. The number of carbonyl (C=O) groups excluding carboxylic acids is 1. The van der Waals surface area contributed by atoms with Crippen molar-refractivity contribution in [1.82, 2.24) is 29.4 Å². The number of aryl methyl sites for hydroxylation is 1. The maximum atomic E-state index is 13.2. The van der Waals surface area contributed by atoms with E-state index in [2.05, 4.69) is 15.2 Å². The molecule has 1 atom stereocenters. The summed E-state index contributed by atoms with van der Waals surface area (Å²) >= 11 is 0. The fraction of sp³-hybridized carbons (Fsp3) is 0.333. The molecule has 0 spiro atoms. The molecule has 4 rings (SSSR count). The van der Waals surface area contributed by atoms with Crippen molar-refractivity contribution in [2.75, 3.05) is 6.54 Å². The van der Waals surface area contributed by atoms with Gasteiger partial charge in [-0.15, -0.1) is 0 Å². The smallest absolute Gasteiger partial charge is 0.258 e. The Kier molecular flexibility index (Phi) is 4.05. The van der Waals surface area contributed by atoms with Crippen LogP contribution in [-0.4, -0.2) is 47.9 Å². The van der Waals surface area contributed by atoms with Crippen molar-refractivity contribution in [1.29, 1.82) is 0 Å². The molecule has 0 unspecified atom stereocenters. The Morgan fingerprint density at radius 2 is 2.12 bits per heavy atom. The van der Waals surface area contributed by atoms with Crippen molar-refractivity contribution in [2.24, 2.45) is 7.05 Å². The van der Waals surface area contributed by atoms with E-state index in [9.17, 15) is 4.79 Å². The first-order chi connectivity index (χ1) is 12.2. The van der Waals surface area contributed by atoms with E-state index in [1.807, 2.05) is 41.0 Å². The third-order valence-electron chi connectivity index (χ3n) is 4.61. The van der Waals surface area contributed by atoms with E-state index >= 15 is 0 Å². The van der Waals surface area contributed by atoms with Crippen LogP contribution in [0.3, 0.4) is 0 Å². The lowest BCUT2D eigenvalue weighted by Gasteiger charge is -2.24. The predicted octanol–water partition coefficient (Wildman–Crippen LogP) is 1.98. The Morgan fingerprint density at radius 3 is 2.88 bits per heavy atom. The van der Waals surface area contributed by atoms with Crippen LogP contribution in [0.4, 0.5) is 0 Å². The number of carbonyl (C=O) groups is 1. The Labute approximate surface area is 145 Å². The van der Waals surface area contributed by atoms with Crippen LogP contribution in [0, 0.1) is 0 Å². The molecule has 1 saturated heterocycles. The summed E-state index contributed by atoms with van der Waals surface area (Å²) < 4.78 is 3.59. The van der Waals surface area contributed by atoms with Gasteiger partial charge in [0.2, 0.25) is 0 Å². The maximum Gasteiger partial charge on any atom is 0.258 e. The largest absolute Gasteiger partial charge is 0.334 e.